The van der Waals surface area contributed by atoms with Crippen molar-refractivity contribution < 1.29 is 18.8 Å². The monoisotopic (exact) mass is 333 g/mol. The smallest absolute Gasteiger partial charge is 0.311 e. The minimum Gasteiger partial charge on any atom is -0.490 e. The van der Waals surface area contributed by atoms with Crippen molar-refractivity contribution in [1.29, 1.82) is 0 Å². The number of nitrogens with zero attached hydrogens (tertiary/aromatic N) is 1. The molecule has 0 saturated carbocycles. The number of methoxy groups -OCH3 is 1. The number of ether oxygens (including phenoxy) is 1. The Morgan fingerprint density at radius 3 is 2.62 bits per heavy atom. The van der Waals surface area contributed by atoms with Crippen LogP contribution in [-0.4, -0.2) is 24.5 Å². The van der Waals surface area contributed by atoms with Crippen LogP contribution >= 0.6 is 0 Å². The highest BCUT2D eigenvalue weighted by Crippen LogP contribution is 2.32. The number of para-hydroxylation sites is 1. The average molecular weight is 333 g/mol. The molecule has 0 saturated heterocycles. The zero-order valence-corrected chi connectivity index (χ0v) is 13.1. The van der Waals surface area contributed by atoms with E-state index in [2.05, 4.69) is 10.6 Å². The van der Waals surface area contributed by atoms with Crippen molar-refractivity contribution in [2.75, 3.05) is 24.3 Å². The number of anilines is 2. The van der Waals surface area contributed by atoms with Crippen LogP contribution in [0.2, 0.25) is 0 Å². The maximum absolute atomic E-state index is 13.5. The number of benzene rings is 2. The Balaban J connectivity index is 2.09. The van der Waals surface area contributed by atoms with Gasteiger partial charge in [-0.15, -0.1) is 0 Å². The molecule has 2 N–H and O–H groups in total. The van der Waals surface area contributed by atoms with E-state index in [0.717, 1.165) is 0 Å². The molecule has 0 aliphatic heterocycles. The molecule has 0 atom stereocenters. The van der Waals surface area contributed by atoms with Crippen molar-refractivity contribution in [2.45, 2.75) is 6.92 Å². The molecule has 8 heteroatoms. The molecule has 0 radical (unpaired) electrons. The molecule has 0 aliphatic carbocycles. The van der Waals surface area contributed by atoms with Crippen molar-refractivity contribution in [1.82, 2.24) is 0 Å². The van der Waals surface area contributed by atoms with E-state index in [4.69, 9.17) is 4.74 Å². The molecule has 0 heterocycles. The van der Waals surface area contributed by atoms with E-state index in [1.807, 2.05) is 0 Å². The molecule has 0 aromatic heterocycles. The van der Waals surface area contributed by atoms with E-state index in [0.29, 0.717) is 11.3 Å². The summed E-state index contributed by atoms with van der Waals surface area (Å²) in [7, 11) is 1.31. The number of rotatable bonds is 6. The van der Waals surface area contributed by atoms with Crippen LogP contribution in [0, 0.1) is 22.9 Å². The summed E-state index contributed by atoms with van der Waals surface area (Å²) in [6.45, 7) is 1.48. The first-order valence-corrected chi connectivity index (χ1v) is 7.03. The highest BCUT2D eigenvalue weighted by Gasteiger charge is 2.18. The highest BCUT2D eigenvalue weighted by atomic mass is 19.1. The molecule has 126 valence electrons. The Morgan fingerprint density at radius 1 is 1.29 bits per heavy atom. The number of nitrogens with one attached hydrogen (secondary N) is 2. The van der Waals surface area contributed by atoms with E-state index in [-0.39, 0.29) is 23.7 Å². The molecular formula is C16H16FN3O4. The van der Waals surface area contributed by atoms with Crippen molar-refractivity contribution in [2.24, 2.45) is 0 Å². The van der Waals surface area contributed by atoms with Crippen LogP contribution in [0.1, 0.15) is 5.56 Å². The number of carbonyl (C=O) groups is 1. The topological polar surface area (TPSA) is 93.5 Å². The Morgan fingerprint density at radius 2 is 2.00 bits per heavy atom. The molecule has 2 aromatic rings. The largest absolute Gasteiger partial charge is 0.490 e. The molecule has 0 unspecified atom stereocenters. The molecule has 0 fully saturated rings. The van der Waals surface area contributed by atoms with Gasteiger partial charge in [-0.05, 0) is 24.6 Å². The summed E-state index contributed by atoms with van der Waals surface area (Å²) in [6.07, 6.45) is 0. The predicted octanol–water partition coefficient (Wildman–Crippen LogP) is 3.10. The van der Waals surface area contributed by atoms with Crippen LogP contribution in [0.25, 0.3) is 0 Å². The summed E-state index contributed by atoms with van der Waals surface area (Å²) in [5.74, 6) is -0.835. The average Bonchev–Trinajstić information content (AvgIpc) is 2.55. The fourth-order valence-electron chi connectivity index (χ4n) is 2.09. The summed E-state index contributed by atoms with van der Waals surface area (Å²) >= 11 is 0. The highest BCUT2D eigenvalue weighted by molar-refractivity contribution is 5.95. The van der Waals surface area contributed by atoms with Gasteiger partial charge in [0.15, 0.2) is 5.75 Å². The SMILES string of the molecule is COc1cc(NC(=O)CNc2ccccc2F)c(C)cc1[N+](=O)[O-]. The normalized spacial score (nSPS) is 10.1. The van der Waals surface area contributed by atoms with Crippen molar-refractivity contribution in [3.63, 3.8) is 0 Å². The van der Waals surface area contributed by atoms with Crippen molar-refractivity contribution >= 4 is 23.0 Å². The molecule has 0 aliphatic rings. The Hall–Kier alpha value is -3.16. The molecule has 2 rings (SSSR count). The van der Waals surface area contributed by atoms with Gasteiger partial charge in [-0.1, -0.05) is 12.1 Å². The number of nitro groups is 1. The lowest BCUT2D eigenvalue weighted by atomic mass is 10.1. The van der Waals surface area contributed by atoms with Crippen LogP contribution in [0.4, 0.5) is 21.5 Å². The fourth-order valence-corrected chi connectivity index (χ4v) is 2.09. The van der Waals surface area contributed by atoms with Crippen molar-refractivity contribution in [3.05, 3.63) is 57.9 Å². The maximum Gasteiger partial charge on any atom is 0.311 e. The van der Waals surface area contributed by atoms with E-state index in [1.54, 1.807) is 19.1 Å². The Labute approximate surface area is 137 Å². The second-order valence-electron chi connectivity index (χ2n) is 4.98. The van der Waals surface area contributed by atoms with Crippen LogP contribution in [0.5, 0.6) is 5.75 Å². The quantitative estimate of drug-likeness (QED) is 0.626. The summed E-state index contributed by atoms with van der Waals surface area (Å²) in [4.78, 5) is 22.4. The second-order valence-corrected chi connectivity index (χ2v) is 4.98. The molecule has 1 amide bonds. The summed E-state index contributed by atoms with van der Waals surface area (Å²) in [5.41, 5.74) is 0.933. The second kappa shape index (κ2) is 7.40. The van der Waals surface area contributed by atoms with Crippen LogP contribution in [-0.2, 0) is 4.79 Å². The summed E-state index contributed by atoms with van der Waals surface area (Å²) < 4.78 is 18.4. The lowest BCUT2D eigenvalue weighted by Crippen LogP contribution is -2.22. The van der Waals surface area contributed by atoms with Crippen LogP contribution in [0.15, 0.2) is 36.4 Å². The van der Waals surface area contributed by atoms with Gasteiger partial charge in [-0.2, -0.15) is 0 Å². The molecule has 2 aromatic carbocycles. The zero-order valence-electron chi connectivity index (χ0n) is 13.1. The van der Waals surface area contributed by atoms with E-state index in [9.17, 15) is 19.3 Å². The first-order chi connectivity index (χ1) is 11.4. The molecule has 24 heavy (non-hydrogen) atoms. The first-order valence-electron chi connectivity index (χ1n) is 7.03. The minimum atomic E-state index is -0.558. The number of aryl methyl sites for hydroxylation is 1. The Bertz CT molecular complexity index is 780. The van der Waals surface area contributed by atoms with Crippen LogP contribution < -0.4 is 15.4 Å². The van der Waals surface area contributed by atoms with E-state index in [1.165, 1.54) is 31.4 Å². The minimum absolute atomic E-state index is 0.0444. The van der Waals surface area contributed by atoms with Gasteiger partial charge in [-0.3, -0.25) is 14.9 Å². The van der Waals surface area contributed by atoms with Gasteiger partial charge in [0, 0.05) is 17.8 Å². The molecule has 0 bridgehead atoms. The van der Waals surface area contributed by atoms with Gasteiger partial charge >= 0.3 is 5.69 Å². The number of amides is 1. The molecular weight excluding hydrogens is 317 g/mol. The number of halogens is 1. The number of nitro benzene ring substituents is 1. The van der Waals surface area contributed by atoms with Gasteiger partial charge in [0.25, 0.3) is 0 Å². The van der Waals surface area contributed by atoms with Gasteiger partial charge in [-0.25, -0.2) is 4.39 Å². The van der Waals surface area contributed by atoms with Gasteiger partial charge in [0.2, 0.25) is 5.91 Å². The zero-order chi connectivity index (χ0) is 17.7. The van der Waals surface area contributed by atoms with Gasteiger partial charge < -0.3 is 15.4 Å². The number of hydrogen-bond acceptors (Lipinski definition) is 5. The third kappa shape index (κ3) is 3.97. The summed E-state index contributed by atoms with van der Waals surface area (Å²) in [5, 5.41) is 16.2. The van der Waals surface area contributed by atoms with Gasteiger partial charge in [0.1, 0.15) is 5.82 Å². The third-order valence-corrected chi connectivity index (χ3v) is 3.31. The fraction of sp³-hybridized carbons (Fsp3) is 0.188. The van der Waals surface area contributed by atoms with Crippen molar-refractivity contribution in [3.8, 4) is 5.75 Å². The van der Waals surface area contributed by atoms with E-state index >= 15 is 0 Å². The standard InChI is InChI=1S/C16H16FN3O4/c1-10-7-14(20(22)23)15(24-2)8-13(10)19-16(21)9-18-12-6-4-3-5-11(12)17/h3-8,18H,9H2,1-2H3,(H,19,21). The van der Waals surface area contributed by atoms with E-state index < -0.39 is 16.6 Å². The number of carbonyl (C=O) groups excluding carboxylic acids is 1. The predicted molar refractivity (Wildman–Crippen MR) is 87.9 cm³/mol. The third-order valence-electron chi connectivity index (χ3n) is 3.31. The summed E-state index contributed by atoms with van der Waals surface area (Å²) in [6, 6.07) is 8.70. The molecule has 7 nitrogen and oxygen atoms in total. The maximum atomic E-state index is 13.5. The first kappa shape index (κ1) is 17.2. The van der Waals surface area contributed by atoms with Gasteiger partial charge in [0.05, 0.1) is 24.3 Å². The molecule has 0 spiro atoms. The number of hydrogen-bond donors (Lipinski definition) is 2. The lowest BCUT2D eigenvalue weighted by Gasteiger charge is -2.12. The van der Waals surface area contributed by atoms with Crippen LogP contribution in [0.3, 0.4) is 0 Å². The lowest BCUT2D eigenvalue weighted by molar-refractivity contribution is -0.385. The Kier molecular flexibility index (Phi) is 5.31.